The van der Waals surface area contributed by atoms with Gasteiger partial charge in [-0.3, -0.25) is 0 Å². The van der Waals surface area contributed by atoms with Crippen LogP contribution in [0.4, 0.5) is 0 Å². The minimum Gasteiger partial charge on any atom is -0.0654 e. The summed E-state index contributed by atoms with van der Waals surface area (Å²) in [5.74, 6) is 1.12. The Balaban J connectivity index is 1.20. The highest BCUT2D eigenvalue weighted by molar-refractivity contribution is 6.36. The molecule has 242 valence electrons. The first-order valence-electron chi connectivity index (χ1n) is 18.7. The maximum atomic E-state index is 2.57. The molecule has 0 amide bonds. The molecule has 2 atom stereocenters. The van der Waals surface area contributed by atoms with Gasteiger partial charge in [-0.2, -0.15) is 0 Å². The number of aryl methyl sites for hydroxylation is 2. The molecule has 0 spiro atoms. The van der Waals surface area contributed by atoms with Crippen molar-refractivity contribution in [2.75, 3.05) is 0 Å². The molecule has 0 fully saturated rings. The Morgan fingerprint density at radius 1 is 0.468 bits per heavy atom. The molecule has 0 N–H and O–H groups in total. The van der Waals surface area contributed by atoms with Crippen LogP contribution in [0.25, 0.3) is 34.4 Å². The summed E-state index contributed by atoms with van der Waals surface area (Å²) < 4.78 is 0. The van der Waals surface area contributed by atoms with Crippen molar-refractivity contribution in [2.24, 2.45) is 0 Å². The van der Waals surface area contributed by atoms with Crippen LogP contribution in [0.1, 0.15) is 124 Å². The third-order valence-corrected chi connectivity index (χ3v) is 11.9. The van der Waals surface area contributed by atoms with E-state index in [1.807, 2.05) is 0 Å². The van der Waals surface area contributed by atoms with Crippen LogP contribution < -0.4 is 0 Å². The fraction of sp³-hybridized carbons (Fsp3) is 0.391. The van der Waals surface area contributed by atoms with Gasteiger partial charge in [-0.1, -0.05) is 174 Å². The van der Waals surface area contributed by atoms with Crippen LogP contribution in [0.3, 0.4) is 0 Å². The molecule has 4 aromatic rings. The molecule has 0 saturated heterocycles. The molecule has 2 aliphatic rings. The zero-order valence-corrected chi connectivity index (χ0v) is 30.4. The Morgan fingerprint density at radius 2 is 0.894 bits per heavy atom. The molecule has 47 heavy (non-hydrogen) atoms. The number of hydrogen-bond acceptors (Lipinski definition) is 0. The zero-order chi connectivity index (χ0) is 32.6. The minimum atomic E-state index is 0.559. The summed E-state index contributed by atoms with van der Waals surface area (Å²) in [4.78, 5) is 0. The highest BCUT2D eigenvalue weighted by atomic mass is 28.2. The quantitative estimate of drug-likeness (QED) is 0.108. The van der Waals surface area contributed by atoms with Crippen molar-refractivity contribution in [3.05, 3.63) is 129 Å². The molecule has 2 radical (unpaired) electrons. The van der Waals surface area contributed by atoms with Crippen molar-refractivity contribution in [3.63, 3.8) is 0 Å². The van der Waals surface area contributed by atoms with Crippen LogP contribution in [0.15, 0.2) is 96.1 Å². The van der Waals surface area contributed by atoms with Crippen LogP contribution >= 0.6 is 0 Å². The van der Waals surface area contributed by atoms with Gasteiger partial charge in [0.25, 0.3) is 0 Å². The van der Waals surface area contributed by atoms with Crippen LogP contribution in [-0.4, -0.2) is 9.52 Å². The first-order valence-corrected chi connectivity index (χ1v) is 20.1. The third kappa shape index (κ3) is 7.52. The zero-order valence-electron chi connectivity index (χ0n) is 29.4. The number of allylic oxidation sites excluding steroid dienone is 2. The summed E-state index contributed by atoms with van der Waals surface area (Å²) in [7, 11) is 0.946. The first-order chi connectivity index (χ1) is 23.1. The topological polar surface area (TPSA) is 0 Å². The van der Waals surface area contributed by atoms with E-state index >= 15 is 0 Å². The van der Waals surface area contributed by atoms with Crippen molar-refractivity contribution in [3.8, 4) is 22.3 Å². The van der Waals surface area contributed by atoms with E-state index in [0.29, 0.717) is 11.8 Å². The largest absolute Gasteiger partial charge is 0.0654 e. The summed E-state index contributed by atoms with van der Waals surface area (Å²) in [6.45, 7) is 9.23. The average molecular weight is 635 g/mol. The molecule has 2 unspecified atom stereocenters. The Hall–Kier alpha value is -3.42. The molecule has 0 aliphatic heterocycles. The molecule has 6 rings (SSSR count). The molecule has 2 aliphatic carbocycles. The van der Waals surface area contributed by atoms with Gasteiger partial charge < -0.3 is 0 Å². The highest BCUT2D eigenvalue weighted by Crippen LogP contribution is 2.47. The van der Waals surface area contributed by atoms with Crippen LogP contribution in [-0.2, 0) is 12.8 Å². The molecule has 4 aromatic carbocycles. The Kier molecular flexibility index (Phi) is 11.5. The van der Waals surface area contributed by atoms with Crippen molar-refractivity contribution in [2.45, 2.75) is 116 Å². The van der Waals surface area contributed by atoms with Gasteiger partial charge in [0.2, 0.25) is 0 Å². The van der Waals surface area contributed by atoms with Crippen LogP contribution in [0.5, 0.6) is 0 Å². The first kappa shape index (κ1) is 33.5. The maximum absolute atomic E-state index is 2.57. The molecular weight excluding hydrogens is 581 g/mol. The summed E-state index contributed by atoms with van der Waals surface area (Å²) in [6, 6.07) is 35.5. The lowest BCUT2D eigenvalue weighted by Crippen LogP contribution is -2.08. The summed E-state index contributed by atoms with van der Waals surface area (Å²) in [6.07, 6.45) is 17.4. The summed E-state index contributed by atoms with van der Waals surface area (Å²) in [5, 5.41) is 0. The standard InChI is InChI=1S/C46H54Si/c1-5-9-15-33-21-25-35(26-22-33)39-17-11-19-41-43(39)29-37(13-7-3)45(41)31-47-32-46-38(14-8-4)30-44-40(18-12-20-42(44)46)36-27-23-34(24-28-36)16-10-6-2/h11-12,17-30,45-46H,5-10,13-16,31-32H2,1-4H3. The minimum absolute atomic E-state index is 0.559. The molecular formula is C46H54Si. The van der Waals surface area contributed by atoms with Crippen LogP contribution in [0, 0.1) is 0 Å². The van der Waals surface area contributed by atoms with Gasteiger partial charge in [0, 0.05) is 21.4 Å². The van der Waals surface area contributed by atoms with Gasteiger partial charge in [-0.15, -0.1) is 0 Å². The molecule has 0 saturated carbocycles. The molecule has 0 aromatic heterocycles. The summed E-state index contributed by atoms with van der Waals surface area (Å²) in [5.41, 5.74) is 17.9. The average Bonchev–Trinajstić information content (AvgIpc) is 3.64. The second-order valence-corrected chi connectivity index (χ2v) is 15.2. The van der Waals surface area contributed by atoms with Gasteiger partial charge in [-0.05, 0) is 94.2 Å². The van der Waals surface area contributed by atoms with Gasteiger partial charge in [0.15, 0.2) is 0 Å². The predicted molar refractivity (Wildman–Crippen MR) is 208 cm³/mol. The Labute approximate surface area is 288 Å². The lowest BCUT2D eigenvalue weighted by Gasteiger charge is -2.21. The lowest BCUT2D eigenvalue weighted by atomic mass is 9.91. The second-order valence-electron chi connectivity index (χ2n) is 13.9. The number of hydrogen-bond donors (Lipinski definition) is 0. The smallest absolute Gasteiger partial charge is 0.0397 e. The highest BCUT2D eigenvalue weighted by Gasteiger charge is 2.30. The van der Waals surface area contributed by atoms with Crippen molar-refractivity contribution in [1.29, 1.82) is 0 Å². The van der Waals surface area contributed by atoms with E-state index in [1.54, 1.807) is 22.3 Å². The van der Waals surface area contributed by atoms with Crippen molar-refractivity contribution >= 4 is 21.7 Å². The summed E-state index contributed by atoms with van der Waals surface area (Å²) >= 11 is 0. The molecule has 0 nitrogen and oxygen atoms in total. The molecule has 0 bridgehead atoms. The van der Waals surface area contributed by atoms with E-state index in [-0.39, 0.29) is 0 Å². The number of rotatable bonds is 16. The third-order valence-electron chi connectivity index (χ3n) is 10.5. The normalized spacial score (nSPS) is 16.6. The van der Waals surface area contributed by atoms with E-state index in [2.05, 4.69) is 125 Å². The van der Waals surface area contributed by atoms with E-state index in [4.69, 9.17) is 0 Å². The lowest BCUT2D eigenvalue weighted by molar-refractivity contribution is 0.781. The van der Waals surface area contributed by atoms with Gasteiger partial charge in [0.05, 0.1) is 0 Å². The fourth-order valence-corrected chi connectivity index (χ4v) is 9.67. The number of fused-ring (bicyclic) bond motifs is 2. The SMILES string of the molecule is CCCCc1ccc(-c2cccc3c2C=C(CCC)C3C[Si]CC2C(CCC)=Cc3c(-c4ccc(CCCC)cc4)cccc32)cc1. The predicted octanol–water partition coefficient (Wildman–Crippen LogP) is 13.5. The number of unbranched alkanes of at least 4 members (excludes halogenated alkanes) is 2. The molecule has 1 heteroatoms. The van der Waals surface area contributed by atoms with Gasteiger partial charge >= 0.3 is 0 Å². The Bertz CT molecular complexity index is 1560. The van der Waals surface area contributed by atoms with Crippen molar-refractivity contribution < 1.29 is 0 Å². The van der Waals surface area contributed by atoms with Gasteiger partial charge in [0.1, 0.15) is 0 Å². The number of benzene rings is 4. The van der Waals surface area contributed by atoms with E-state index in [9.17, 15) is 0 Å². The second kappa shape index (κ2) is 16.1. The fourth-order valence-electron chi connectivity index (χ4n) is 7.96. The van der Waals surface area contributed by atoms with Crippen LogP contribution in [0.2, 0.25) is 12.1 Å². The monoisotopic (exact) mass is 634 g/mol. The van der Waals surface area contributed by atoms with Crippen molar-refractivity contribution in [1.82, 2.24) is 0 Å². The molecule has 0 heterocycles. The Morgan fingerprint density at radius 3 is 1.28 bits per heavy atom. The van der Waals surface area contributed by atoms with E-state index in [1.165, 1.54) is 121 Å². The van der Waals surface area contributed by atoms with E-state index < -0.39 is 0 Å². The maximum Gasteiger partial charge on any atom is 0.0397 e. The van der Waals surface area contributed by atoms with E-state index in [0.717, 1.165) is 9.52 Å². The van der Waals surface area contributed by atoms with Gasteiger partial charge in [-0.25, -0.2) is 0 Å².